The summed E-state index contributed by atoms with van der Waals surface area (Å²) in [5.74, 6) is 0.553. The van der Waals surface area contributed by atoms with E-state index in [1.807, 2.05) is 30.3 Å². The standard InChI is InChI=1S/C23H20ClN3O3/c1-29-23(28)18-13-19(14-3-2-4-15(24)11-14)26-22-16-5-6-21(25-20(16)12-17(18)22)27-7-9-30-10-8-27/h2-6,11,13H,7-10,12H2,1H3. The highest BCUT2D eigenvalue weighted by atomic mass is 35.5. The van der Waals surface area contributed by atoms with Gasteiger partial charge in [-0.15, -0.1) is 0 Å². The first kappa shape index (κ1) is 19.0. The number of carbonyl (C=O) groups is 1. The van der Waals surface area contributed by atoms with Crippen LogP contribution in [0.15, 0.2) is 42.5 Å². The lowest BCUT2D eigenvalue weighted by atomic mass is 10.0. The second-order valence-corrected chi connectivity index (χ2v) is 7.76. The van der Waals surface area contributed by atoms with Gasteiger partial charge in [0.2, 0.25) is 0 Å². The van der Waals surface area contributed by atoms with Crippen molar-refractivity contribution in [2.75, 3.05) is 38.3 Å². The Morgan fingerprint density at radius 1 is 1.13 bits per heavy atom. The fraction of sp³-hybridized carbons (Fsp3) is 0.261. The molecule has 152 valence electrons. The molecule has 6 nitrogen and oxygen atoms in total. The Hall–Kier alpha value is -2.96. The largest absolute Gasteiger partial charge is 0.465 e. The number of fused-ring (bicyclic) bond motifs is 3. The molecule has 1 aliphatic carbocycles. The van der Waals surface area contributed by atoms with E-state index in [2.05, 4.69) is 11.0 Å². The van der Waals surface area contributed by atoms with E-state index in [0.717, 1.165) is 47.0 Å². The van der Waals surface area contributed by atoms with Gasteiger partial charge in [0.15, 0.2) is 0 Å². The van der Waals surface area contributed by atoms with E-state index in [0.29, 0.717) is 35.9 Å². The molecule has 3 aromatic rings. The van der Waals surface area contributed by atoms with E-state index in [1.165, 1.54) is 7.11 Å². The first-order chi connectivity index (χ1) is 14.6. The van der Waals surface area contributed by atoms with Gasteiger partial charge >= 0.3 is 5.97 Å². The number of morpholine rings is 1. The average molecular weight is 422 g/mol. The third-order valence-electron chi connectivity index (χ3n) is 5.54. The minimum Gasteiger partial charge on any atom is -0.465 e. The van der Waals surface area contributed by atoms with Crippen LogP contribution in [0.1, 0.15) is 21.6 Å². The number of ether oxygens (including phenoxy) is 2. The maximum Gasteiger partial charge on any atom is 0.338 e. The maximum atomic E-state index is 12.6. The topological polar surface area (TPSA) is 64.5 Å². The fourth-order valence-corrected chi connectivity index (χ4v) is 4.23. The second-order valence-electron chi connectivity index (χ2n) is 7.32. The molecule has 30 heavy (non-hydrogen) atoms. The smallest absolute Gasteiger partial charge is 0.338 e. The third kappa shape index (κ3) is 3.32. The summed E-state index contributed by atoms with van der Waals surface area (Å²) in [5.41, 5.74) is 5.57. The molecule has 2 aliphatic rings. The Balaban J connectivity index is 1.61. The van der Waals surface area contributed by atoms with Crippen molar-refractivity contribution in [3.05, 3.63) is 64.3 Å². The number of halogens is 1. The second kappa shape index (κ2) is 7.70. The molecule has 0 unspecified atom stereocenters. The number of benzene rings is 1. The Morgan fingerprint density at radius 3 is 2.73 bits per heavy atom. The predicted molar refractivity (Wildman–Crippen MR) is 115 cm³/mol. The minimum absolute atomic E-state index is 0.377. The van der Waals surface area contributed by atoms with Crippen molar-refractivity contribution in [3.63, 3.8) is 0 Å². The number of hydrogen-bond donors (Lipinski definition) is 0. The van der Waals surface area contributed by atoms with Crippen LogP contribution in [-0.2, 0) is 15.9 Å². The molecule has 0 atom stereocenters. The molecule has 5 rings (SSSR count). The lowest BCUT2D eigenvalue weighted by Crippen LogP contribution is -2.36. The summed E-state index contributed by atoms with van der Waals surface area (Å²) >= 11 is 6.17. The van der Waals surface area contributed by atoms with E-state index < -0.39 is 0 Å². The van der Waals surface area contributed by atoms with Gasteiger partial charge in [0, 0.05) is 35.7 Å². The summed E-state index contributed by atoms with van der Waals surface area (Å²) in [6, 6.07) is 13.3. The summed E-state index contributed by atoms with van der Waals surface area (Å²) in [7, 11) is 1.39. The van der Waals surface area contributed by atoms with Crippen molar-refractivity contribution in [1.29, 1.82) is 0 Å². The number of anilines is 1. The molecule has 3 heterocycles. The predicted octanol–water partition coefficient (Wildman–Crippen LogP) is 3.99. The van der Waals surface area contributed by atoms with E-state index in [9.17, 15) is 4.79 Å². The first-order valence-corrected chi connectivity index (χ1v) is 10.2. The monoisotopic (exact) mass is 421 g/mol. The SMILES string of the molecule is COC(=O)c1cc(-c2cccc(Cl)c2)nc2c1Cc1nc(N3CCOCC3)ccc1-2. The highest BCUT2D eigenvalue weighted by Gasteiger charge is 2.29. The summed E-state index contributed by atoms with van der Waals surface area (Å²) in [5, 5.41) is 0.617. The molecular weight excluding hydrogens is 402 g/mol. The van der Waals surface area contributed by atoms with Crippen molar-refractivity contribution < 1.29 is 14.3 Å². The third-order valence-corrected chi connectivity index (χ3v) is 5.78. The van der Waals surface area contributed by atoms with E-state index in [-0.39, 0.29) is 5.97 Å². The zero-order valence-corrected chi connectivity index (χ0v) is 17.3. The van der Waals surface area contributed by atoms with Gasteiger partial charge in [-0.05, 0) is 35.9 Å². The van der Waals surface area contributed by atoms with Crippen molar-refractivity contribution in [3.8, 4) is 22.5 Å². The van der Waals surface area contributed by atoms with Gasteiger partial charge in [0.05, 0.1) is 43.0 Å². The van der Waals surface area contributed by atoms with Gasteiger partial charge in [-0.1, -0.05) is 23.7 Å². The number of carbonyl (C=O) groups excluding carboxylic acids is 1. The molecule has 0 spiro atoms. The van der Waals surface area contributed by atoms with Crippen molar-refractivity contribution in [2.24, 2.45) is 0 Å². The Kier molecular flexibility index (Phi) is 4.89. The molecule has 0 saturated carbocycles. The van der Waals surface area contributed by atoms with Crippen LogP contribution in [0.2, 0.25) is 5.02 Å². The average Bonchev–Trinajstić information content (AvgIpc) is 3.16. The van der Waals surface area contributed by atoms with Crippen molar-refractivity contribution in [1.82, 2.24) is 9.97 Å². The molecule has 0 N–H and O–H groups in total. The van der Waals surface area contributed by atoms with Crippen LogP contribution in [0.4, 0.5) is 5.82 Å². The fourth-order valence-electron chi connectivity index (χ4n) is 4.04. The van der Waals surface area contributed by atoms with Crippen LogP contribution in [0.3, 0.4) is 0 Å². The number of aromatic nitrogens is 2. The van der Waals surface area contributed by atoms with Gasteiger partial charge < -0.3 is 14.4 Å². The lowest BCUT2D eigenvalue weighted by Gasteiger charge is -2.28. The molecule has 0 amide bonds. The molecule has 0 bridgehead atoms. The van der Waals surface area contributed by atoms with E-state index >= 15 is 0 Å². The zero-order chi connectivity index (χ0) is 20.7. The van der Waals surface area contributed by atoms with Gasteiger partial charge in [0.25, 0.3) is 0 Å². The number of pyridine rings is 2. The van der Waals surface area contributed by atoms with Gasteiger partial charge in [-0.25, -0.2) is 14.8 Å². The highest BCUT2D eigenvalue weighted by Crippen LogP contribution is 2.39. The van der Waals surface area contributed by atoms with E-state index in [1.54, 1.807) is 6.07 Å². The van der Waals surface area contributed by atoms with Gasteiger partial charge in [0.1, 0.15) is 5.82 Å². The quantitative estimate of drug-likeness (QED) is 0.466. The first-order valence-electron chi connectivity index (χ1n) is 9.85. The molecule has 1 aromatic carbocycles. The molecule has 2 aromatic heterocycles. The summed E-state index contributed by atoms with van der Waals surface area (Å²) in [6.07, 6.45) is 0.552. The summed E-state index contributed by atoms with van der Waals surface area (Å²) in [4.78, 5) is 24.6. The van der Waals surface area contributed by atoms with Gasteiger partial charge in [-0.2, -0.15) is 0 Å². The van der Waals surface area contributed by atoms with Crippen LogP contribution in [0.5, 0.6) is 0 Å². The Bertz CT molecular complexity index is 1140. The molecule has 1 fully saturated rings. The van der Waals surface area contributed by atoms with Crippen LogP contribution < -0.4 is 4.90 Å². The Morgan fingerprint density at radius 2 is 1.97 bits per heavy atom. The number of esters is 1. The normalized spacial score (nSPS) is 14.9. The van der Waals surface area contributed by atoms with Crippen LogP contribution in [-0.4, -0.2) is 49.4 Å². The number of nitrogens with zero attached hydrogens (tertiary/aromatic N) is 3. The Labute approximate surface area is 179 Å². The summed E-state index contributed by atoms with van der Waals surface area (Å²) < 4.78 is 10.5. The molecular formula is C23H20ClN3O3. The zero-order valence-electron chi connectivity index (χ0n) is 16.5. The van der Waals surface area contributed by atoms with E-state index in [4.69, 9.17) is 31.0 Å². The molecule has 1 saturated heterocycles. The van der Waals surface area contributed by atoms with Crippen LogP contribution >= 0.6 is 11.6 Å². The molecule has 7 heteroatoms. The lowest BCUT2D eigenvalue weighted by molar-refractivity contribution is 0.0599. The van der Waals surface area contributed by atoms with Crippen LogP contribution in [0, 0.1) is 0 Å². The summed E-state index contributed by atoms with van der Waals surface area (Å²) in [6.45, 7) is 3.05. The molecule has 0 radical (unpaired) electrons. The van der Waals surface area contributed by atoms with Gasteiger partial charge in [-0.3, -0.25) is 0 Å². The van der Waals surface area contributed by atoms with Crippen molar-refractivity contribution >= 4 is 23.4 Å². The van der Waals surface area contributed by atoms with Crippen molar-refractivity contribution in [2.45, 2.75) is 6.42 Å². The minimum atomic E-state index is -0.377. The molecule has 1 aliphatic heterocycles. The maximum absolute atomic E-state index is 12.6. The number of rotatable bonds is 3. The number of methoxy groups -OCH3 is 1. The van der Waals surface area contributed by atoms with Crippen LogP contribution in [0.25, 0.3) is 22.5 Å². The number of hydrogen-bond acceptors (Lipinski definition) is 6. The highest BCUT2D eigenvalue weighted by molar-refractivity contribution is 6.30.